The first-order valence-electron chi connectivity index (χ1n) is 5.33. The second kappa shape index (κ2) is 7.19. The highest BCUT2D eigenvalue weighted by molar-refractivity contribution is 7.98. The van der Waals surface area contributed by atoms with Gasteiger partial charge in [0, 0.05) is 24.2 Å². The van der Waals surface area contributed by atoms with Crippen molar-refractivity contribution in [1.29, 1.82) is 0 Å². The molecule has 0 radical (unpaired) electrons. The van der Waals surface area contributed by atoms with Crippen molar-refractivity contribution in [2.75, 3.05) is 19.5 Å². The summed E-state index contributed by atoms with van der Waals surface area (Å²) in [5, 5.41) is 11.6. The van der Waals surface area contributed by atoms with Gasteiger partial charge in [-0.2, -0.15) is 11.8 Å². The number of nitrogens with zero attached hydrogens (tertiary/aromatic N) is 1. The Labute approximate surface area is 106 Å². The average Bonchev–Trinajstić information content (AvgIpc) is 2.35. The second-order valence-corrected chi connectivity index (χ2v) is 4.78. The Morgan fingerprint density at radius 2 is 2.29 bits per heavy atom. The van der Waals surface area contributed by atoms with Crippen molar-refractivity contribution >= 4 is 17.6 Å². The fraction of sp³-hybridized carbons (Fsp3) is 0.417. The van der Waals surface area contributed by atoms with Gasteiger partial charge in [-0.25, -0.2) is 0 Å². The Bertz CT molecular complexity index is 394. The number of amidine groups is 1. The van der Waals surface area contributed by atoms with Crippen molar-refractivity contribution in [3.8, 4) is 0 Å². The molecule has 1 aromatic carbocycles. The number of hydrogen-bond acceptors (Lipinski definition) is 4. The van der Waals surface area contributed by atoms with E-state index < -0.39 is 0 Å². The zero-order valence-corrected chi connectivity index (χ0v) is 11.0. The molecule has 0 saturated carbocycles. The average molecular weight is 254 g/mol. The molecule has 0 spiro atoms. The van der Waals surface area contributed by atoms with Gasteiger partial charge in [-0.15, -0.1) is 0 Å². The van der Waals surface area contributed by atoms with Gasteiger partial charge in [-0.05, 0) is 24.1 Å². The molecule has 94 valence electrons. The number of nitrogens with two attached hydrogens (primary N) is 1. The van der Waals surface area contributed by atoms with Gasteiger partial charge in [0.05, 0.1) is 6.61 Å². The van der Waals surface area contributed by atoms with Gasteiger partial charge in [0.15, 0.2) is 5.84 Å². The normalized spacial score (nSPS) is 11.8. The molecule has 3 N–H and O–H groups in total. The van der Waals surface area contributed by atoms with Gasteiger partial charge in [0.1, 0.15) is 0 Å². The summed E-state index contributed by atoms with van der Waals surface area (Å²) < 4.78 is 4.99. The lowest BCUT2D eigenvalue weighted by Gasteiger charge is -2.07. The van der Waals surface area contributed by atoms with Crippen LogP contribution in [-0.4, -0.2) is 30.5 Å². The van der Waals surface area contributed by atoms with Gasteiger partial charge in [-0.3, -0.25) is 0 Å². The zero-order chi connectivity index (χ0) is 12.7. The molecular formula is C12H18N2O2S. The van der Waals surface area contributed by atoms with E-state index >= 15 is 0 Å². The topological polar surface area (TPSA) is 67.8 Å². The van der Waals surface area contributed by atoms with Gasteiger partial charge in [0.25, 0.3) is 0 Å². The number of oxime groups is 1. The number of aryl methyl sites for hydroxylation is 1. The summed E-state index contributed by atoms with van der Waals surface area (Å²) in [6, 6.07) is 5.82. The summed E-state index contributed by atoms with van der Waals surface area (Å²) in [6.07, 6.45) is 0. The number of thioether (sulfide) groups is 1. The lowest BCUT2D eigenvalue weighted by atomic mass is 10.1. The van der Waals surface area contributed by atoms with Gasteiger partial charge >= 0.3 is 0 Å². The van der Waals surface area contributed by atoms with E-state index in [0.717, 1.165) is 29.2 Å². The minimum Gasteiger partial charge on any atom is -0.409 e. The van der Waals surface area contributed by atoms with Crippen LogP contribution < -0.4 is 5.73 Å². The van der Waals surface area contributed by atoms with Crippen molar-refractivity contribution in [1.82, 2.24) is 0 Å². The SMILES string of the molecule is COCCSCc1ccc(/C(N)=N/O)cc1C. The molecule has 5 heteroatoms. The number of methoxy groups -OCH3 is 1. The van der Waals surface area contributed by atoms with E-state index in [1.54, 1.807) is 7.11 Å². The highest BCUT2D eigenvalue weighted by Crippen LogP contribution is 2.17. The number of benzene rings is 1. The van der Waals surface area contributed by atoms with Crippen LogP contribution in [0.5, 0.6) is 0 Å². The third-order valence-corrected chi connectivity index (χ3v) is 3.41. The number of rotatable bonds is 6. The number of hydrogen-bond donors (Lipinski definition) is 2. The summed E-state index contributed by atoms with van der Waals surface area (Å²) in [4.78, 5) is 0. The van der Waals surface area contributed by atoms with Gasteiger partial charge in [0.2, 0.25) is 0 Å². The lowest BCUT2D eigenvalue weighted by Crippen LogP contribution is -2.13. The van der Waals surface area contributed by atoms with Crippen molar-refractivity contribution < 1.29 is 9.94 Å². The van der Waals surface area contributed by atoms with Crippen LogP contribution >= 0.6 is 11.8 Å². The molecule has 0 unspecified atom stereocenters. The fourth-order valence-electron chi connectivity index (χ4n) is 1.40. The van der Waals surface area contributed by atoms with Crippen LogP contribution in [0.15, 0.2) is 23.4 Å². The van der Waals surface area contributed by atoms with Crippen LogP contribution in [0.25, 0.3) is 0 Å². The monoisotopic (exact) mass is 254 g/mol. The molecule has 0 amide bonds. The smallest absolute Gasteiger partial charge is 0.170 e. The molecule has 0 atom stereocenters. The van der Waals surface area contributed by atoms with Crippen LogP contribution in [0.1, 0.15) is 16.7 Å². The Morgan fingerprint density at radius 3 is 2.88 bits per heavy atom. The van der Waals surface area contributed by atoms with Crippen molar-refractivity contribution in [3.05, 3.63) is 34.9 Å². The summed E-state index contributed by atoms with van der Waals surface area (Å²) in [6.45, 7) is 2.80. The quantitative estimate of drug-likeness (QED) is 0.268. The first kappa shape index (κ1) is 13.9. The molecular weight excluding hydrogens is 236 g/mol. The Balaban J connectivity index is 2.63. The van der Waals surface area contributed by atoms with Gasteiger partial charge in [-0.1, -0.05) is 17.3 Å². The predicted octanol–water partition coefficient (Wildman–Crippen LogP) is 1.97. The molecule has 0 heterocycles. The van der Waals surface area contributed by atoms with Crippen molar-refractivity contribution in [2.45, 2.75) is 12.7 Å². The van der Waals surface area contributed by atoms with Crippen LogP contribution in [0, 0.1) is 6.92 Å². The first-order valence-corrected chi connectivity index (χ1v) is 6.48. The minimum atomic E-state index is 0.145. The van der Waals surface area contributed by atoms with E-state index in [1.807, 2.05) is 36.9 Å². The van der Waals surface area contributed by atoms with Crippen LogP contribution in [0.4, 0.5) is 0 Å². The van der Waals surface area contributed by atoms with E-state index in [4.69, 9.17) is 15.7 Å². The minimum absolute atomic E-state index is 0.145. The molecule has 1 rings (SSSR count). The third-order valence-electron chi connectivity index (χ3n) is 2.44. The molecule has 1 aromatic rings. The lowest BCUT2D eigenvalue weighted by molar-refractivity contribution is 0.218. The molecule has 0 aliphatic heterocycles. The zero-order valence-electron chi connectivity index (χ0n) is 10.1. The second-order valence-electron chi connectivity index (χ2n) is 3.67. The van der Waals surface area contributed by atoms with E-state index in [0.29, 0.717) is 0 Å². The van der Waals surface area contributed by atoms with Crippen molar-refractivity contribution in [2.24, 2.45) is 10.9 Å². The molecule has 4 nitrogen and oxygen atoms in total. The molecule has 0 aliphatic rings. The largest absolute Gasteiger partial charge is 0.409 e. The highest BCUT2D eigenvalue weighted by Gasteiger charge is 2.03. The van der Waals surface area contributed by atoms with Crippen LogP contribution in [-0.2, 0) is 10.5 Å². The van der Waals surface area contributed by atoms with Crippen molar-refractivity contribution in [3.63, 3.8) is 0 Å². The van der Waals surface area contributed by atoms with E-state index in [1.165, 1.54) is 5.56 Å². The van der Waals surface area contributed by atoms with E-state index in [9.17, 15) is 0 Å². The molecule has 0 saturated heterocycles. The summed E-state index contributed by atoms with van der Waals surface area (Å²) in [5.41, 5.74) is 8.69. The van der Waals surface area contributed by atoms with Gasteiger partial charge < -0.3 is 15.7 Å². The predicted molar refractivity (Wildman–Crippen MR) is 71.7 cm³/mol. The third kappa shape index (κ3) is 4.28. The molecule has 0 fully saturated rings. The fourth-order valence-corrected chi connectivity index (χ4v) is 2.37. The Morgan fingerprint density at radius 1 is 1.53 bits per heavy atom. The molecule has 0 aliphatic carbocycles. The summed E-state index contributed by atoms with van der Waals surface area (Å²) in [7, 11) is 1.71. The standard InChI is InChI=1S/C12H18N2O2S/c1-9-7-10(12(13)14-15)3-4-11(9)8-17-6-5-16-2/h3-4,7,15H,5-6,8H2,1-2H3,(H2,13,14). The summed E-state index contributed by atoms with van der Waals surface area (Å²) >= 11 is 1.83. The van der Waals surface area contributed by atoms with E-state index in [-0.39, 0.29) is 5.84 Å². The Hall–Kier alpha value is -1.20. The highest BCUT2D eigenvalue weighted by atomic mass is 32.2. The maximum Gasteiger partial charge on any atom is 0.170 e. The molecule has 0 bridgehead atoms. The van der Waals surface area contributed by atoms with Crippen LogP contribution in [0.3, 0.4) is 0 Å². The van der Waals surface area contributed by atoms with Crippen LogP contribution in [0.2, 0.25) is 0 Å². The molecule has 0 aromatic heterocycles. The van der Waals surface area contributed by atoms with E-state index in [2.05, 4.69) is 5.16 Å². The molecule has 17 heavy (non-hydrogen) atoms. The number of ether oxygens (including phenoxy) is 1. The summed E-state index contributed by atoms with van der Waals surface area (Å²) in [5.74, 6) is 2.08. The Kier molecular flexibility index (Phi) is 5.86. The maximum atomic E-state index is 8.59. The maximum absolute atomic E-state index is 8.59. The first-order chi connectivity index (χ1) is 8.19.